The van der Waals surface area contributed by atoms with Crippen LogP contribution in [0.4, 0.5) is 0 Å². The van der Waals surface area contributed by atoms with Crippen molar-refractivity contribution in [3.63, 3.8) is 0 Å². The number of hydrogen-bond donors (Lipinski definition) is 0. The second kappa shape index (κ2) is 15.0. The fourth-order valence-electron chi connectivity index (χ4n) is 5.81. The molecule has 1 radical (unpaired) electrons. The first kappa shape index (κ1) is 35.9. The van der Waals surface area contributed by atoms with E-state index in [-0.39, 0.29) is 25.5 Å². The van der Waals surface area contributed by atoms with Gasteiger partial charge in [0.15, 0.2) is 0 Å². The summed E-state index contributed by atoms with van der Waals surface area (Å²) < 4.78 is 4.03. The fourth-order valence-corrected chi connectivity index (χ4v) is 9.33. The van der Waals surface area contributed by atoms with Crippen LogP contribution in [0, 0.1) is 24.5 Å². The second-order valence-corrected chi connectivity index (χ2v) is 26.1. The predicted molar refractivity (Wildman–Crippen MR) is 206 cm³/mol. The van der Waals surface area contributed by atoms with Crippen molar-refractivity contribution < 1.29 is 20.1 Å². The Balaban J connectivity index is 0.000000224. The van der Waals surface area contributed by atoms with E-state index in [9.17, 15) is 0 Å². The van der Waals surface area contributed by atoms with Gasteiger partial charge >= 0.3 is 99.8 Å². The van der Waals surface area contributed by atoms with E-state index < -0.39 is 13.3 Å². The van der Waals surface area contributed by atoms with Crippen LogP contribution in [0.25, 0.3) is 53.8 Å². The number of pyridine rings is 2. The average Bonchev–Trinajstić information content (AvgIpc) is 3.45. The molecular weight excluding hydrogens is 841 g/mol. The summed E-state index contributed by atoms with van der Waals surface area (Å²) in [4.78, 5) is 9.35. The van der Waals surface area contributed by atoms with Crippen LogP contribution in [-0.4, -0.2) is 23.2 Å². The minimum Gasteiger partial charge on any atom is 0 e. The Morgan fingerprint density at radius 2 is 1.44 bits per heavy atom. The molecule has 0 aliphatic carbocycles. The largest absolute Gasteiger partial charge is 0 e. The molecule has 0 saturated heterocycles. The number of thiophene rings is 1. The van der Waals surface area contributed by atoms with Crippen LogP contribution in [0.1, 0.15) is 31.9 Å². The molecule has 5 heteroatoms. The van der Waals surface area contributed by atoms with Gasteiger partial charge in [0.25, 0.3) is 0 Å². The van der Waals surface area contributed by atoms with Gasteiger partial charge in [-0.25, -0.2) is 0 Å². The molecule has 3 aromatic heterocycles. The molecule has 2 nitrogen and oxygen atoms in total. The maximum Gasteiger partial charge on any atom is 0 e. The van der Waals surface area contributed by atoms with Gasteiger partial charge in [-0.15, -0.1) is 23.8 Å². The number of benzene rings is 4. The Bertz CT molecular complexity index is 2130. The summed E-state index contributed by atoms with van der Waals surface area (Å²) in [6, 6.07) is 42.8. The normalized spacial score (nSPS) is 11.6. The summed E-state index contributed by atoms with van der Waals surface area (Å²) >= 11 is 0.141. The minimum absolute atomic E-state index is 0. The fraction of sp³-hybridized carbons (Fsp3) is 0.209. The van der Waals surface area contributed by atoms with E-state index in [0.717, 1.165) is 28.9 Å². The van der Waals surface area contributed by atoms with E-state index in [4.69, 9.17) is 4.98 Å². The van der Waals surface area contributed by atoms with Crippen molar-refractivity contribution >= 4 is 49.2 Å². The maximum absolute atomic E-state index is 4.82. The Hall–Kier alpha value is -3.41. The van der Waals surface area contributed by atoms with E-state index >= 15 is 0 Å². The zero-order valence-electron chi connectivity index (χ0n) is 28.8. The van der Waals surface area contributed by atoms with Crippen LogP contribution in [0.15, 0.2) is 116 Å². The molecule has 7 rings (SSSR count). The molecule has 0 unspecified atom stereocenters. The molecule has 245 valence electrons. The molecule has 3 heterocycles. The summed E-state index contributed by atoms with van der Waals surface area (Å²) in [5, 5.41) is 2.59. The van der Waals surface area contributed by atoms with Crippen molar-refractivity contribution in [1.29, 1.82) is 0 Å². The van der Waals surface area contributed by atoms with Crippen LogP contribution in [-0.2, 0) is 26.5 Å². The SMILES string of the molecule is Cc1cnc(-c2[c-]ccc3c2sc2c(-c4ccccc4)cccc23)cc1CC(C)(C)C.[CH3][Ge]([CH3])([CH3])[c]1ccc(-c2[c-]cccc2)nc1.[Ir]. The van der Waals surface area contributed by atoms with Gasteiger partial charge < -0.3 is 4.98 Å². The van der Waals surface area contributed by atoms with Crippen LogP contribution in [0.5, 0.6) is 0 Å². The first-order valence-electron chi connectivity index (χ1n) is 16.3. The van der Waals surface area contributed by atoms with E-state index in [1.807, 2.05) is 54.1 Å². The Morgan fingerprint density at radius 3 is 2.10 bits per heavy atom. The standard InChI is InChI=1S/C29H26NS.C14H16GeN.Ir/c1-19-18-30-26(16-21(19)17-29(2,3)4)25-15-9-14-24-23-13-8-12-22(27(23)31-28(24)25)20-10-6-5-7-11-20;1-15(2,3)13-9-10-14(16-11-13)12-7-5-4-6-8-12;/h5-14,16,18H,17H2,1-4H3;4-7,9-11H,1-3H3;/q2*-1;. The van der Waals surface area contributed by atoms with Gasteiger partial charge in [-0.1, -0.05) is 86.3 Å². The third-order valence-electron chi connectivity index (χ3n) is 8.35. The number of rotatable bonds is 5. The van der Waals surface area contributed by atoms with E-state index in [0.29, 0.717) is 0 Å². The summed E-state index contributed by atoms with van der Waals surface area (Å²) in [5.74, 6) is 7.14. The molecule has 0 saturated carbocycles. The number of nitrogens with zero attached hydrogens (tertiary/aromatic N) is 2. The third kappa shape index (κ3) is 8.23. The van der Waals surface area contributed by atoms with Crippen LogP contribution >= 0.6 is 11.3 Å². The molecule has 0 bridgehead atoms. The smallest absolute Gasteiger partial charge is 0 e. The number of aromatic nitrogens is 2. The number of fused-ring (bicyclic) bond motifs is 3. The summed E-state index contributed by atoms with van der Waals surface area (Å²) in [6.45, 7) is 9.02. The zero-order chi connectivity index (χ0) is 33.2. The van der Waals surface area contributed by atoms with Gasteiger partial charge in [0.05, 0.1) is 0 Å². The molecule has 0 fully saturated rings. The molecule has 48 heavy (non-hydrogen) atoms. The van der Waals surface area contributed by atoms with E-state index in [1.54, 1.807) is 0 Å². The first-order chi connectivity index (χ1) is 22.5. The molecule has 0 spiro atoms. The molecule has 0 aliphatic rings. The molecule has 4 aromatic carbocycles. The van der Waals surface area contributed by atoms with Crippen molar-refractivity contribution in [1.82, 2.24) is 9.97 Å². The van der Waals surface area contributed by atoms with Crippen LogP contribution in [0.2, 0.25) is 17.3 Å². The summed E-state index contributed by atoms with van der Waals surface area (Å²) in [5.41, 5.74) is 9.60. The van der Waals surface area contributed by atoms with Crippen LogP contribution in [0.3, 0.4) is 0 Å². The van der Waals surface area contributed by atoms with Gasteiger partial charge in [0, 0.05) is 31.0 Å². The monoisotopic (exact) mass is 885 g/mol. The topological polar surface area (TPSA) is 25.8 Å². The first-order valence-corrected chi connectivity index (χ1v) is 24.4. The predicted octanol–water partition coefficient (Wildman–Crippen LogP) is 11.6. The molecule has 0 aliphatic heterocycles. The third-order valence-corrected chi connectivity index (χ3v) is 13.9. The zero-order valence-corrected chi connectivity index (χ0v) is 34.1. The quantitative estimate of drug-likeness (QED) is 0.127. The Kier molecular flexibility index (Phi) is 11.2. The maximum atomic E-state index is 4.82. The Morgan fingerprint density at radius 1 is 0.708 bits per heavy atom. The van der Waals surface area contributed by atoms with Crippen molar-refractivity contribution in [2.45, 2.75) is 51.4 Å². The van der Waals surface area contributed by atoms with Gasteiger partial charge in [-0.2, -0.15) is 11.3 Å². The second-order valence-electron chi connectivity index (χ2n) is 14.4. The molecule has 0 atom stereocenters. The average molecular weight is 884 g/mol. The number of hydrogen-bond acceptors (Lipinski definition) is 3. The molecule has 0 N–H and O–H groups in total. The molecule has 0 amide bonds. The van der Waals surface area contributed by atoms with Gasteiger partial charge in [-0.3, -0.25) is 0 Å². The molecule has 7 aromatic rings. The summed E-state index contributed by atoms with van der Waals surface area (Å²) in [6.07, 6.45) is 5.09. The Labute approximate surface area is 306 Å². The van der Waals surface area contributed by atoms with Crippen molar-refractivity contribution in [3.05, 3.63) is 139 Å². The van der Waals surface area contributed by atoms with Gasteiger partial charge in [0.2, 0.25) is 0 Å². The van der Waals surface area contributed by atoms with Crippen molar-refractivity contribution in [2.24, 2.45) is 5.41 Å². The van der Waals surface area contributed by atoms with Crippen molar-refractivity contribution in [2.75, 3.05) is 0 Å². The minimum atomic E-state index is -1.72. The van der Waals surface area contributed by atoms with Gasteiger partial charge in [-0.05, 0) is 51.2 Å². The van der Waals surface area contributed by atoms with Crippen molar-refractivity contribution in [3.8, 4) is 33.6 Å². The molecular formula is C43H42GeIrN2S-2. The van der Waals surface area contributed by atoms with E-state index in [1.165, 1.54) is 46.8 Å². The summed E-state index contributed by atoms with van der Waals surface area (Å²) in [7, 11) is 0. The number of aryl methyl sites for hydroxylation is 1. The van der Waals surface area contributed by atoms with Gasteiger partial charge in [0.1, 0.15) is 0 Å². The van der Waals surface area contributed by atoms with Crippen LogP contribution < -0.4 is 4.40 Å². The van der Waals surface area contributed by atoms with E-state index in [2.05, 4.69) is 135 Å².